The van der Waals surface area contributed by atoms with Crippen LogP contribution in [0, 0.1) is 17.1 Å². The summed E-state index contributed by atoms with van der Waals surface area (Å²) in [6, 6.07) is 11.4. The highest BCUT2D eigenvalue weighted by Gasteiger charge is 2.36. The first-order valence-electron chi connectivity index (χ1n) is 10.5. The van der Waals surface area contributed by atoms with Crippen molar-refractivity contribution >= 4 is 29.3 Å². The van der Waals surface area contributed by atoms with Gasteiger partial charge >= 0.3 is 0 Å². The Hall–Kier alpha value is -3.51. The molecule has 1 aliphatic heterocycles. The molecule has 9 heteroatoms. The summed E-state index contributed by atoms with van der Waals surface area (Å²) in [5, 5.41) is 16.2. The molecule has 2 aromatic rings. The number of para-hydroxylation sites is 1. The minimum Gasteiger partial charge on any atom is -0.468 e. The van der Waals surface area contributed by atoms with Crippen LogP contribution < -0.4 is 10.6 Å². The molecule has 3 rings (SSSR count). The molecule has 2 amide bonds. The Balaban J connectivity index is 1.95. The topological polar surface area (TPSA) is 98.4 Å². The second-order valence-electron chi connectivity index (χ2n) is 7.26. The molecule has 172 valence electrons. The molecule has 2 N–H and O–H groups in total. The van der Waals surface area contributed by atoms with Crippen molar-refractivity contribution in [3.63, 3.8) is 0 Å². The minimum absolute atomic E-state index is 0.0356. The van der Waals surface area contributed by atoms with Gasteiger partial charge in [-0.2, -0.15) is 5.26 Å². The van der Waals surface area contributed by atoms with Gasteiger partial charge in [-0.1, -0.05) is 23.9 Å². The Morgan fingerprint density at radius 3 is 2.58 bits per heavy atom. The summed E-state index contributed by atoms with van der Waals surface area (Å²) in [6.45, 7) is 6.72. The molecule has 0 saturated carbocycles. The molecule has 2 heterocycles. The van der Waals surface area contributed by atoms with Crippen molar-refractivity contribution in [3.8, 4) is 6.07 Å². The van der Waals surface area contributed by atoms with E-state index in [0.29, 0.717) is 29.6 Å². The Morgan fingerprint density at radius 2 is 1.97 bits per heavy atom. The lowest BCUT2D eigenvalue weighted by Gasteiger charge is -2.28. The standard InChI is InChI=1S/C24H25FN4O3S/c1-4-29(5-2)20(30)14-33-24-16(13-26)22(19-11-8-12-32-19)21(15(3)27-24)23(31)28-18-10-7-6-9-17(18)25/h6-12,22,27H,4-5,14H2,1-3H3,(H,28,31). The summed E-state index contributed by atoms with van der Waals surface area (Å²) >= 11 is 1.21. The first-order valence-corrected chi connectivity index (χ1v) is 11.5. The molecular formula is C24H25FN4O3S. The van der Waals surface area contributed by atoms with Gasteiger partial charge in [-0.05, 0) is 45.0 Å². The van der Waals surface area contributed by atoms with Crippen LogP contribution in [0.3, 0.4) is 0 Å². The molecule has 0 bridgehead atoms. The van der Waals surface area contributed by atoms with Crippen LogP contribution in [0.1, 0.15) is 32.4 Å². The maximum absolute atomic E-state index is 14.1. The molecule has 1 atom stereocenters. The first kappa shape index (κ1) is 24.1. The molecule has 1 aromatic heterocycles. The number of allylic oxidation sites excluding steroid dienone is 2. The van der Waals surface area contributed by atoms with Gasteiger partial charge in [0.25, 0.3) is 5.91 Å². The molecule has 1 aliphatic rings. The molecule has 33 heavy (non-hydrogen) atoms. The van der Waals surface area contributed by atoms with Gasteiger partial charge in [0, 0.05) is 18.8 Å². The zero-order valence-corrected chi connectivity index (χ0v) is 19.5. The van der Waals surface area contributed by atoms with Crippen molar-refractivity contribution in [2.24, 2.45) is 0 Å². The van der Waals surface area contributed by atoms with Gasteiger partial charge in [0.1, 0.15) is 11.6 Å². The van der Waals surface area contributed by atoms with Crippen molar-refractivity contribution in [2.45, 2.75) is 26.7 Å². The Kier molecular flexibility index (Phi) is 7.96. The second-order valence-corrected chi connectivity index (χ2v) is 8.24. The monoisotopic (exact) mass is 468 g/mol. The van der Waals surface area contributed by atoms with Crippen LogP contribution >= 0.6 is 11.8 Å². The molecule has 0 aliphatic carbocycles. The predicted molar refractivity (Wildman–Crippen MR) is 125 cm³/mol. The number of benzene rings is 1. The second kappa shape index (κ2) is 10.9. The summed E-state index contributed by atoms with van der Waals surface area (Å²) in [5.41, 5.74) is 1.02. The van der Waals surface area contributed by atoms with E-state index < -0.39 is 17.6 Å². The summed E-state index contributed by atoms with van der Waals surface area (Å²) in [6.07, 6.45) is 1.46. The fraction of sp³-hybridized carbons (Fsp3) is 0.292. The highest BCUT2D eigenvalue weighted by atomic mass is 32.2. The van der Waals surface area contributed by atoms with E-state index in [1.54, 1.807) is 30.0 Å². The summed E-state index contributed by atoms with van der Waals surface area (Å²) in [5.74, 6) is -1.42. The van der Waals surface area contributed by atoms with Crippen LogP contribution in [-0.4, -0.2) is 35.6 Å². The van der Waals surface area contributed by atoms with Gasteiger partial charge in [0.15, 0.2) is 0 Å². The van der Waals surface area contributed by atoms with Crippen molar-refractivity contribution in [1.82, 2.24) is 10.2 Å². The van der Waals surface area contributed by atoms with E-state index in [9.17, 15) is 19.2 Å². The third kappa shape index (κ3) is 5.29. The zero-order chi connectivity index (χ0) is 24.0. The molecular weight excluding hydrogens is 443 g/mol. The number of carbonyl (C=O) groups is 2. The van der Waals surface area contributed by atoms with Crippen LogP contribution in [0.4, 0.5) is 10.1 Å². The van der Waals surface area contributed by atoms with Crippen molar-refractivity contribution < 1.29 is 18.4 Å². The van der Waals surface area contributed by atoms with Gasteiger partial charge in [0.05, 0.1) is 45.9 Å². The summed E-state index contributed by atoms with van der Waals surface area (Å²) in [7, 11) is 0. The third-order valence-electron chi connectivity index (χ3n) is 5.30. The van der Waals surface area contributed by atoms with Gasteiger partial charge in [-0.25, -0.2) is 4.39 Å². The van der Waals surface area contributed by atoms with Gasteiger partial charge in [-0.3, -0.25) is 9.59 Å². The smallest absolute Gasteiger partial charge is 0.254 e. The number of anilines is 1. The molecule has 7 nitrogen and oxygen atoms in total. The maximum atomic E-state index is 14.1. The lowest BCUT2D eigenvalue weighted by Crippen LogP contribution is -2.33. The Labute approximate surface area is 196 Å². The van der Waals surface area contributed by atoms with Crippen LogP contribution in [-0.2, 0) is 9.59 Å². The molecule has 1 aromatic carbocycles. The normalized spacial score (nSPS) is 15.7. The average Bonchev–Trinajstić information content (AvgIpc) is 3.34. The number of halogens is 1. The van der Waals surface area contributed by atoms with Crippen LogP contribution in [0.25, 0.3) is 0 Å². The number of rotatable bonds is 8. The number of amides is 2. The van der Waals surface area contributed by atoms with E-state index in [2.05, 4.69) is 16.7 Å². The van der Waals surface area contributed by atoms with Crippen molar-refractivity contribution in [3.05, 3.63) is 76.1 Å². The SMILES string of the molecule is CCN(CC)C(=O)CSC1=C(C#N)C(c2ccco2)C(C(=O)Nc2ccccc2F)=C(C)N1. The maximum Gasteiger partial charge on any atom is 0.254 e. The number of furan rings is 1. The van der Waals surface area contributed by atoms with Crippen LogP contribution in [0.15, 0.2) is 69.0 Å². The number of nitrogens with zero attached hydrogens (tertiary/aromatic N) is 2. The van der Waals surface area contributed by atoms with Crippen molar-refractivity contribution in [1.29, 1.82) is 5.26 Å². The summed E-state index contributed by atoms with van der Waals surface area (Å²) < 4.78 is 19.7. The van der Waals surface area contributed by atoms with E-state index >= 15 is 0 Å². The fourth-order valence-electron chi connectivity index (χ4n) is 3.62. The highest BCUT2D eigenvalue weighted by Crippen LogP contribution is 2.41. The number of nitriles is 1. The van der Waals surface area contributed by atoms with Gasteiger partial charge < -0.3 is 20.0 Å². The van der Waals surface area contributed by atoms with E-state index in [0.717, 1.165) is 0 Å². The minimum atomic E-state index is -0.802. The van der Waals surface area contributed by atoms with Gasteiger partial charge in [-0.15, -0.1) is 0 Å². The van der Waals surface area contributed by atoms with Gasteiger partial charge in [0.2, 0.25) is 5.91 Å². The molecule has 0 spiro atoms. The number of hydrogen-bond acceptors (Lipinski definition) is 6. The van der Waals surface area contributed by atoms with Crippen LogP contribution in [0.2, 0.25) is 0 Å². The van der Waals surface area contributed by atoms with E-state index in [4.69, 9.17) is 4.42 Å². The Bertz CT molecular complexity index is 1130. The molecule has 1 unspecified atom stereocenters. The highest BCUT2D eigenvalue weighted by molar-refractivity contribution is 8.03. The number of thioether (sulfide) groups is 1. The zero-order valence-electron chi connectivity index (χ0n) is 18.6. The Morgan fingerprint density at radius 1 is 1.24 bits per heavy atom. The largest absolute Gasteiger partial charge is 0.468 e. The van der Waals surface area contributed by atoms with E-state index in [1.165, 1.54) is 36.2 Å². The average molecular weight is 469 g/mol. The molecule has 0 saturated heterocycles. The van der Waals surface area contributed by atoms with E-state index in [-0.39, 0.29) is 28.5 Å². The molecule has 0 radical (unpaired) electrons. The number of hydrogen-bond donors (Lipinski definition) is 2. The summed E-state index contributed by atoms with van der Waals surface area (Å²) in [4.78, 5) is 27.4. The first-order chi connectivity index (χ1) is 15.9. The third-order valence-corrected chi connectivity index (χ3v) is 6.30. The number of carbonyl (C=O) groups excluding carboxylic acids is 2. The fourth-order valence-corrected chi connectivity index (χ4v) is 4.62. The predicted octanol–water partition coefficient (Wildman–Crippen LogP) is 4.35. The van der Waals surface area contributed by atoms with Crippen molar-refractivity contribution in [2.75, 3.05) is 24.2 Å². The number of nitrogens with one attached hydrogen (secondary N) is 2. The quantitative estimate of drug-likeness (QED) is 0.598. The number of dihydropyridines is 1. The molecule has 0 fully saturated rings. The van der Waals surface area contributed by atoms with Crippen LogP contribution in [0.5, 0.6) is 0 Å². The lowest BCUT2D eigenvalue weighted by atomic mass is 9.85. The van der Waals surface area contributed by atoms with E-state index in [1.807, 2.05) is 13.8 Å². The lowest BCUT2D eigenvalue weighted by molar-refractivity contribution is -0.128.